The first-order valence-corrected chi connectivity index (χ1v) is 6.78. The third-order valence-electron chi connectivity index (χ3n) is 3.80. The van der Waals surface area contributed by atoms with Gasteiger partial charge < -0.3 is 5.32 Å². The maximum Gasteiger partial charge on any atom is 0.125 e. The Labute approximate surface area is 104 Å². The highest BCUT2D eigenvalue weighted by Crippen LogP contribution is 2.32. The first-order valence-electron chi connectivity index (χ1n) is 6.78. The molecule has 1 atom stereocenters. The molecular formula is C14H23N3. The van der Waals surface area contributed by atoms with E-state index >= 15 is 0 Å². The molecule has 3 nitrogen and oxygen atoms in total. The zero-order valence-corrected chi connectivity index (χ0v) is 10.9. The average Bonchev–Trinajstić information content (AvgIpc) is 2.59. The van der Waals surface area contributed by atoms with Crippen molar-refractivity contribution in [2.75, 3.05) is 7.05 Å². The molecule has 1 aromatic heterocycles. The smallest absolute Gasteiger partial charge is 0.125 e. The minimum atomic E-state index is 0.398. The van der Waals surface area contributed by atoms with Crippen LogP contribution < -0.4 is 5.32 Å². The van der Waals surface area contributed by atoms with Crippen LogP contribution in [0.25, 0.3) is 0 Å². The van der Waals surface area contributed by atoms with Crippen molar-refractivity contribution in [1.82, 2.24) is 15.3 Å². The summed E-state index contributed by atoms with van der Waals surface area (Å²) >= 11 is 0. The molecule has 1 saturated carbocycles. The zero-order chi connectivity index (χ0) is 12.1. The van der Waals surface area contributed by atoms with Crippen LogP contribution in [0.15, 0.2) is 12.3 Å². The molecule has 0 spiro atoms. The van der Waals surface area contributed by atoms with Crippen molar-refractivity contribution < 1.29 is 0 Å². The Hall–Kier alpha value is -0.960. The van der Waals surface area contributed by atoms with Gasteiger partial charge in [0.05, 0.1) is 11.7 Å². The largest absolute Gasteiger partial charge is 0.311 e. The van der Waals surface area contributed by atoms with Crippen LogP contribution in [0, 0.1) is 12.8 Å². The van der Waals surface area contributed by atoms with Crippen LogP contribution in [0.5, 0.6) is 0 Å². The molecule has 3 heteroatoms. The van der Waals surface area contributed by atoms with E-state index < -0.39 is 0 Å². The minimum absolute atomic E-state index is 0.398. The number of hydrogen-bond donors (Lipinski definition) is 1. The first-order chi connectivity index (χ1) is 8.31. The molecule has 1 fully saturated rings. The first kappa shape index (κ1) is 12.5. The van der Waals surface area contributed by atoms with Gasteiger partial charge in [-0.2, -0.15) is 0 Å². The van der Waals surface area contributed by atoms with Gasteiger partial charge in [-0.3, -0.25) is 0 Å². The molecule has 94 valence electrons. The van der Waals surface area contributed by atoms with Gasteiger partial charge in [0, 0.05) is 6.20 Å². The fourth-order valence-corrected chi connectivity index (χ4v) is 2.92. The third-order valence-corrected chi connectivity index (χ3v) is 3.80. The second kappa shape index (κ2) is 6.10. The predicted molar refractivity (Wildman–Crippen MR) is 69.8 cm³/mol. The summed E-state index contributed by atoms with van der Waals surface area (Å²) in [7, 11) is 2.05. The SMILES string of the molecule is CNC(c1ccnc(C)n1)C1CCCCCC1. The molecule has 1 unspecified atom stereocenters. The number of nitrogens with one attached hydrogen (secondary N) is 1. The van der Waals surface area contributed by atoms with Crippen LogP contribution in [-0.4, -0.2) is 17.0 Å². The van der Waals surface area contributed by atoms with Crippen molar-refractivity contribution in [3.63, 3.8) is 0 Å². The number of aromatic nitrogens is 2. The summed E-state index contributed by atoms with van der Waals surface area (Å²) in [5.41, 5.74) is 1.16. The van der Waals surface area contributed by atoms with Gasteiger partial charge >= 0.3 is 0 Å². The number of hydrogen-bond acceptors (Lipinski definition) is 3. The Morgan fingerprint density at radius 1 is 1.24 bits per heavy atom. The predicted octanol–water partition coefficient (Wildman–Crippen LogP) is 3.02. The van der Waals surface area contributed by atoms with Crippen LogP contribution in [0.4, 0.5) is 0 Å². The lowest BCUT2D eigenvalue weighted by molar-refractivity contribution is 0.335. The van der Waals surface area contributed by atoms with Crippen LogP contribution >= 0.6 is 0 Å². The van der Waals surface area contributed by atoms with Crippen molar-refractivity contribution in [3.05, 3.63) is 23.8 Å². The van der Waals surface area contributed by atoms with Gasteiger partial charge in [-0.25, -0.2) is 9.97 Å². The normalized spacial score (nSPS) is 19.9. The number of rotatable bonds is 3. The monoisotopic (exact) mass is 233 g/mol. The maximum absolute atomic E-state index is 4.58. The molecule has 1 aromatic rings. The molecule has 0 aliphatic heterocycles. The van der Waals surface area contributed by atoms with Gasteiger partial charge in [0.25, 0.3) is 0 Å². The molecule has 1 N–H and O–H groups in total. The minimum Gasteiger partial charge on any atom is -0.311 e. The highest BCUT2D eigenvalue weighted by Gasteiger charge is 2.23. The molecule has 1 heterocycles. The summed E-state index contributed by atoms with van der Waals surface area (Å²) in [5, 5.41) is 3.45. The fraction of sp³-hybridized carbons (Fsp3) is 0.714. The Bertz CT molecular complexity index is 343. The summed E-state index contributed by atoms with van der Waals surface area (Å²) in [6.45, 7) is 1.96. The highest BCUT2D eigenvalue weighted by atomic mass is 14.9. The molecule has 1 aliphatic carbocycles. The summed E-state index contributed by atoms with van der Waals surface area (Å²) in [4.78, 5) is 8.76. The quantitative estimate of drug-likeness (QED) is 0.815. The lowest BCUT2D eigenvalue weighted by atomic mass is 9.90. The molecule has 0 saturated heterocycles. The fourth-order valence-electron chi connectivity index (χ4n) is 2.92. The van der Waals surface area contributed by atoms with Crippen molar-refractivity contribution in [2.24, 2.45) is 5.92 Å². The van der Waals surface area contributed by atoms with Gasteiger partial charge in [-0.1, -0.05) is 25.7 Å². The molecular weight excluding hydrogens is 210 g/mol. The Morgan fingerprint density at radius 2 is 1.94 bits per heavy atom. The molecule has 2 rings (SSSR count). The van der Waals surface area contributed by atoms with Crippen LogP contribution in [0.3, 0.4) is 0 Å². The van der Waals surface area contributed by atoms with Crippen LogP contribution in [-0.2, 0) is 0 Å². The highest BCUT2D eigenvalue weighted by molar-refractivity contribution is 5.08. The van der Waals surface area contributed by atoms with E-state index in [4.69, 9.17) is 0 Å². The van der Waals surface area contributed by atoms with E-state index in [0.717, 1.165) is 17.4 Å². The van der Waals surface area contributed by atoms with Gasteiger partial charge in [0.1, 0.15) is 5.82 Å². The Kier molecular flexibility index (Phi) is 4.49. The van der Waals surface area contributed by atoms with Crippen LogP contribution in [0.1, 0.15) is 56.1 Å². The van der Waals surface area contributed by atoms with E-state index in [1.807, 2.05) is 20.2 Å². The van der Waals surface area contributed by atoms with Gasteiger partial charge in [-0.05, 0) is 38.8 Å². The van der Waals surface area contributed by atoms with E-state index in [1.54, 1.807) is 0 Å². The summed E-state index contributed by atoms with van der Waals surface area (Å²) < 4.78 is 0. The van der Waals surface area contributed by atoms with Crippen molar-refractivity contribution >= 4 is 0 Å². The van der Waals surface area contributed by atoms with Gasteiger partial charge in [0.15, 0.2) is 0 Å². The van der Waals surface area contributed by atoms with Crippen molar-refractivity contribution in [1.29, 1.82) is 0 Å². The lowest BCUT2D eigenvalue weighted by Gasteiger charge is -2.25. The Morgan fingerprint density at radius 3 is 2.53 bits per heavy atom. The van der Waals surface area contributed by atoms with Gasteiger partial charge in [-0.15, -0.1) is 0 Å². The van der Waals surface area contributed by atoms with E-state index in [9.17, 15) is 0 Å². The van der Waals surface area contributed by atoms with Crippen molar-refractivity contribution in [2.45, 2.75) is 51.5 Å². The standard InChI is InChI=1S/C14H23N3/c1-11-16-10-9-13(17-11)14(15-2)12-7-5-3-4-6-8-12/h9-10,12,14-15H,3-8H2,1-2H3. The summed E-state index contributed by atoms with van der Waals surface area (Å²) in [6.07, 6.45) is 10.1. The van der Waals surface area contributed by atoms with E-state index in [2.05, 4.69) is 21.4 Å². The molecule has 1 aliphatic rings. The second-order valence-electron chi connectivity index (χ2n) is 5.05. The summed E-state index contributed by atoms with van der Waals surface area (Å²) in [5.74, 6) is 1.60. The van der Waals surface area contributed by atoms with Gasteiger partial charge in [0.2, 0.25) is 0 Å². The number of nitrogens with zero attached hydrogens (tertiary/aromatic N) is 2. The van der Waals surface area contributed by atoms with E-state index in [0.29, 0.717) is 6.04 Å². The molecule has 0 amide bonds. The number of aryl methyl sites for hydroxylation is 1. The van der Waals surface area contributed by atoms with E-state index in [1.165, 1.54) is 38.5 Å². The Balaban J connectivity index is 2.14. The maximum atomic E-state index is 4.58. The zero-order valence-electron chi connectivity index (χ0n) is 10.9. The molecule has 0 bridgehead atoms. The molecule has 0 aromatic carbocycles. The van der Waals surface area contributed by atoms with Crippen LogP contribution in [0.2, 0.25) is 0 Å². The second-order valence-corrected chi connectivity index (χ2v) is 5.05. The lowest BCUT2D eigenvalue weighted by Crippen LogP contribution is -2.26. The van der Waals surface area contributed by atoms with E-state index in [-0.39, 0.29) is 0 Å². The summed E-state index contributed by atoms with van der Waals surface area (Å²) in [6, 6.07) is 2.45. The third kappa shape index (κ3) is 3.25. The average molecular weight is 233 g/mol. The van der Waals surface area contributed by atoms with Crippen molar-refractivity contribution in [3.8, 4) is 0 Å². The molecule has 17 heavy (non-hydrogen) atoms. The topological polar surface area (TPSA) is 37.8 Å². The molecule has 0 radical (unpaired) electrons.